The zero-order chi connectivity index (χ0) is 10.7. The molecule has 1 atom stereocenters. The molecule has 15 heavy (non-hydrogen) atoms. The Kier molecular flexibility index (Phi) is 3.27. The third kappa shape index (κ3) is 2.51. The van der Waals surface area contributed by atoms with E-state index in [0.29, 0.717) is 6.10 Å². The van der Waals surface area contributed by atoms with Gasteiger partial charge in [-0.25, -0.2) is 0 Å². The van der Waals surface area contributed by atoms with Crippen LogP contribution in [0.3, 0.4) is 0 Å². The largest absolute Gasteiger partial charge is 0.489 e. The van der Waals surface area contributed by atoms with Crippen LogP contribution in [0, 0.1) is 13.8 Å². The summed E-state index contributed by atoms with van der Waals surface area (Å²) in [6.07, 6.45) is 2.73. The van der Waals surface area contributed by atoms with E-state index >= 15 is 0 Å². The maximum absolute atomic E-state index is 6.00. The van der Waals surface area contributed by atoms with Crippen molar-refractivity contribution in [3.05, 3.63) is 29.3 Å². The van der Waals surface area contributed by atoms with Crippen LogP contribution in [0.25, 0.3) is 0 Å². The van der Waals surface area contributed by atoms with Crippen molar-refractivity contribution in [2.45, 2.75) is 32.8 Å². The van der Waals surface area contributed by atoms with Gasteiger partial charge in [0.05, 0.1) is 0 Å². The predicted molar refractivity (Wildman–Crippen MR) is 62.4 cm³/mol. The maximum Gasteiger partial charge on any atom is 0.122 e. The molecule has 1 aliphatic rings. The Morgan fingerprint density at radius 1 is 1.33 bits per heavy atom. The highest BCUT2D eigenvalue weighted by Gasteiger charge is 2.15. The van der Waals surface area contributed by atoms with E-state index in [1.165, 1.54) is 24.0 Å². The highest BCUT2D eigenvalue weighted by molar-refractivity contribution is 5.38. The van der Waals surface area contributed by atoms with Crippen LogP contribution in [0.1, 0.15) is 24.0 Å². The molecule has 1 saturated heterocycles. The Labute approximate surface area is 91.6 Å². The van der Waals surface area contributed by atoms with Crippen molar-refractivity contribution in [1.82, 2.24) is 5.32 Å². The molecule has 0 amide bonds. The number of ether oxygens (including phenoxy) is 1. The highest BCUT2D eigenvalue weighted by Crippen LogP contribution is 2.23. The van der Waals surface area contributed by atoms with Gasteiger partial charge in [-0.05, 0) is 50.4 Å². The van der Waals surface area contributed by atoms with E-state index in [1.807, 2.05) is 0 Å². The molecular formula is C13H19NO. The van der Waals surface area contributed by atoms with Crippen molar-refractivity contribution in [2.24, 2.45) is 0 Å². The van der Waals surface area contributed by atoms with E-state index < -0.39 is 0 Å². The van der Waals surface area contributed by atoms with Crippen LogP contribution in [-0.4, -0.2) is 19.2 Å². The topological polar surface area (TPSA) is 21.3 Å². The lowest BCUT2D eigenvalue weighted by molar-refractivity contribution is 0.166. The molecule has 1 aromatic carbocycles. The fourth-order valence-corrected chi connectivity index (χ4v) is 1.95. The minimum Gasteiger partial charge on any atom is -0.489 e. The van der Waals surface area contributed by atoms with Crippen molar-refractivity contribution in [3.63, 3.8) is 0 Å². The second-order valence-corrected chi connectivity index (χ2v) is 4.28. The maximum atomic E-state index is 6.00. The first-order chi connectivity index (χ1) is 7.27. The summed E-state index contributed by atoms with van der Waals surface area (Å²) in [5.41, 5.74) is 2.57. The molecule has 0 aromatic heterocycles. The molecule has 1 aliphatic heterocycles. The van der Waals surface area contributed by atoms with E-state index in [9.17, 15) is 0 Å². The number of aryl methyl sites for hydroxylation is 1. The van der Waals surface area contributed by atoms with E-state index in [0.717, 1.165) is 18.8 Å². The number of hydrogen-bond acceptors (Lipinski definition) is 2. The van der Waals surface area contributed by atoms with Gasteiger partial charge >= 0.3 is 0 Å². The zero-order valence-electron chi connectivity index (χ0n) is 9.55. The third-order valence-corrected chi connectivity index (χ3v) is 3.10. The van der Waals surface area contributed by atoms with Crippen molar-refractivity contribution in [1.29, 1.82) is 0 Å². The molecule has 0 spiro atoms. The normalized spacial score (nSPS) is 21.3. The van der Waals surface area contributed by atoms with Crippen LogP contribution >= 0.6 is 0 Å². The number of nitrogens with one attached hydrogen (secondary N) is 1. The Balaban J connectivity index is 2.06. The van der Waals surface area contributed by atoms with Gasteiger partial charge in [0, 0.05) is 6.54 Å². The van der Waals surface area contributed by atoms with E-state index in [2.05, 4.69) is 37.4 Å². The fraction of sp³-hybridized carbons (Fsp3) is 0.538. The molecule has 2 rings (SSSR count). The second kappa shape index (κ2) is 4.67. The third-order valence-electron chi connectivity index (χ3n) is 3.10. The van der Waals surface area contributed by atoms with Gasteiger partial charge in [0.2, 0.25) is 0 Å². The molecule has 0 unspecified atom stereocenters. The molecule has 0 radical (unpaired) electrons. The van der Waals surface area contributed by atoms with Gasteiger partial charge in [-0.2, -0.15) is 0 Å². The first-order valence-corrected chi connectivity index (χ1v) is 5.71. The van der Waals surface area contributed by atoms with Crippen LogP contribution in [0.15, 0.2) is 18.2 Å². The van der Waals surface area contributed by atoms with Crippen LogP contribution in [0.2, 0.25) is 0 Å². The van der Waals surface area contributed by atoms with Crippen molar-refractivity contribution in [3.8, 4) is 5.75 Å². The van der Waals surface area contributed by atoms with E-state index in [1.54, 1.807) is 0 Å². The first-order valence-electron chi connectivity index (χ1n) is 5.71. The molecule has 2 heteroatoms. The summed E-state index contributed by atoms with van der Waals surface area (Å²) in [4.78, 5) is 0. The summed E-state index contributed by atoms with van der Waals surface area (Å²) in [7, 11) is 0. The average Bonchev–Trinajstić information content (AvgIpc) is 2.26. The van der Waals surface area contributed by atoms with Crippen LogP contribution in [-0.2, 0) is 0 Å². The van der Waals surface area contributed by atoms with Gasteiger partial charge in [0.1, 0.15) is 11.9 Å². The van der Waals surface area contributed by atoms with Crippen LogP contribution in [0.5, 0.6) is 5.75 Å². The van der Waals surface area contributed by atoms with Gasteiger partial charge in [-0.1, -0.05) is 12.1 Å². The number of hydrogen-bond donors (Lipinski definition) is 1. The lowest BCUT2D eigenvalue weighted by atomic mass is 10.1. The van der Waals surface area contributed by atoms with Crippen molar-refractivity contribution in [2.75, 3.05) is 13.1 Å². The summed E-state index contributed by atoms with van der Waals surface area (Å²) in [6.45, 7) is 6.36. The van der Waals surface area contributed by atoms with E-state index in [4.69, 9.17) is 4.74 Å². The van der Waals surface area contributed by atoms with Gasteiger partial charge < -0.3 is 10.1 Å². The molecule has 0 bridgehead atoms. The first kappa shape index (κ1) is 10.5. The molecule has 1 aromatic rings. The minimum atomic E-state index is 0.347. The van der Waals surface area contributed by atoms with Crippen molar-refractivity contribution < 1.29 is 4.74 Å². The summed E-state index contributed by atoms with van der Waals surface area (Å²) < 4.78 is 6.00. The minimum absolute atomic E-state index is 0.347. The average molecular weight is 205 g/mol. The highest BCUT2D eigenvalue weighted by atomic mass is 16.5. The summed E-state index contributed by atoms with van der Waals surface area (Å²) in [5, 5.41) is 3.36. The summed E-state index contributed by atoms with van der Waals surface area (Å²) >= 11 is 0. The summed E-state index contributed by atoms with van der Waals surface area (Å²) in [6, 6.07) is 6.26. The predicted octanol–water partition coefficient (Wildman–Crippen LogP) is 2.43. The Morgan fingerprint density at radius 3 is 2.93 bits per heavy atom. The smallest absolute Gasteiger partial charge is 0.122 e. The number of benzene rings is 1. The quantitative estimate of drug-likeness (QED) is 0.800. The Morgan fingerprint density at radius 2 is 2.20 bits per heavy atom. The molecule has 0 aliphatic carbocycles. The van der Waals surface area contributed by atoms with Crippen LogP contribution < -0.4 is 10.1 Å². The Bertz CT molecular complexity index is 329. The van der Waals surface area contributed by atoms with Crippen molar-refractivity contribution >= 4 is 0 Å². The van der Waals surface area contributed by atoms with Gasteiger partial charge in [0.25, 0.3) is 0 Å². The molecule has 1 heterocycles. The molecular weight excluding hydrogens is 186 g/mol. The standard InChI is InChI=1S/C13H19NO/c1-10-5-3-7-13(11(10)2)15-12-6-4-8-14-9-12/h3,5,7,12,14H,4,6,8-9H2,1-2H3/t12-/m0/s1. The van der Waals surface area contributed by atoms with Gasteiger partial charge in [-0.3, -0.25) is 0 Å². The van der Waals surface area contributed by atoms with Crippen LogP contribution in [0.4, 0.5) is 0 Å². The van der Waals surface area contributed by atoms with E-state index in [-0.39, 0.29) is 0 Å². The molecule has 82 valence electrons. The number of rotatable bonds is 2. The fourth-order valence-electron chi connectivity index (χ4n) is 1.95. The molecule has 1 fully saturated rings. The lowest BCUT2D eigenvalue weighted by Crippen LogP contribution is -2.37. The van der Waals surface area contributed by atoms with Gasteiger partial charge in [0.15, 0.2) is 0 Å². The zero-order valence-corrected chi connectivity index (χ0v) is 9.55. The SMILES string of the molecule is Cc1cccc(O[C@H]2CCCNC2)c1C. The monoisotopic (exact) mass is 205 g/mol. The second-order valence-electron chi connectivity index (χ2n) is 4.28. The number of piperidine rings is 1. The molecule has 0 saturated carbocycles. The summed E-state index contributed by atoms with van der Waals surface area (Å²) in [5.74, 6) is 1.05. The lowest BCUT2D eigenvalue weighted by Gasteiger charge is -2.25. The Hall–Kier alpha value is -1.02. The van der Waals surface area contributed by atoms with Gasteiger partial charge in [-0.15, -0.1) is 0 Å². The molecule has 1 N–H and O–H groups in total. The molecule has 2 nitrogen and oxygen atoms in total.